The summed E-state index contributed by atoms with van der Waals surface area (Å²) in [7, 11) is 0. The number of rotatable bonds is 0. The fourth-order valence-corrected chi connectivity index (χ4v) is 3.07. The summed E-state index contributed by atoms with van der Waals surface area (Å²) < 4.78 is 0.555. The molecule has 0 nitrogen and oxygen atoms in total. The molecule has 2 aliphatic carbocycles. The van der Waals surface area contributed by atoms with E-state index in [-0.39, 0.29) is 0 Å². The molecule has 0 aliphatic heterocycles. The number of fused-ring (bicyclic) bond motifs is 1. The number of allylic oxidation sites excluding steroid dienone is 1. The summed E-state index contributed by atoms with van der Waals surface area (Å²) in [5.41, 5.74) is 1.34. The number of halogens is 2. The van der Waals surface area contributed by atoms with Gasteiger partial charge in [0, 0.05) is 0 Å². The zero-order chi connectivity index (χ0) is 7.84. The maximum Gasteiger partial charge on any atom is 0.106 e. The Morgan fingerprint density at radius 3 is 2.73 bits per heavy atom. The quantitative estimate of drug-likeness (QED) is 0.544. The molecule has 0 N–H and O–H groups in total. The van der Waals surface area contributed by atoms with Crippen LogP contribution in [-0.2, 0) is 0 Å². The van der Waals surface area contributed by atoms with Gasteiger partial charge in [-0.3, -0.25) is 0 Å². The van der Waals surface area contributed by atoms with E-state index in [9.17, 15) is 0 Å². The van der Waals surface area contributed by atoms with E-state index < -0.39 is 0 Å². The van der Waals surface area contributed by atoms with Crippen LogP contribution in [0.5, 0.6) is 0 Å². The van der Waals surface area contributed by atoms with Crippen LogP contribution in [0, 0.1) is 11.8 Å². The summed E-state index contributed by atoms with van der Waals surface area (Å²) in [5.74, 6) is 1.66. The van der Waals surface area contributed by atoms with Crippen molar-refractivity contribution in [1.29, 1.82) is 0 Å². The molecule has 62 valence electrons. The molecule has 2 unspecified atom stereocenters. The zero-order valence-corrected chi connectivity index (χ0v) is 7.96. The van der Waals surface area contributed by atoms with Crippen molar-refractivity contribution in [2.24, 2.45) is 11.8 Å². The van der Waals surface area contributed by atoms with Crippen LogP contribution in [0.1, 0.15) is 32.1 Å². The van der Waals surface area contributed by atoms with Crippen molar-refractivity contribution in [3.63, 3.8) is 0 Å². The molecular formula is C9H12Cl2. The van der Waals surface area contributed by atoms with Gasteiger partial charge in [-0.25, -0.2) is 0 Å². The normalized spacial score (nSPS) is 36.0. The second-order valence-corrected chi connectivity index (χ2v) is 4.57. The van der Waals surface area contributed by atoms with Gasteiger partial charge in [-0.15, -0.1) is 0 Å². The highest BCUT2D eigenvalue weighted by Gasteiger charge is 2.36. The molecule has 0 radical (unpaired) electrons. The molecule has 0 saturated heterocycles. The molecule has 2 saturated carbocycles. The predicted molar refractivity (Wildman–Crippen MR) is 48.8 cm³/mol. The highest BCUT2D eigenvalue weighted by Crippen LogP contribution is 2.49. The molecule has 0 aromatic rings. The molecular weight excluding hydrogens is 179 g/mol. The van der Waals surface area contributed by atoms with Crippen LogP contribution in [0.2, 0.25) is 0 Å². The van der Waals surface area contributed by atoms with Gasteiger partial charge in [-0.05, 0) is 43.1 Å². The van der Waals surface area contributed by atoms with Crippen LogP contribution in [0.3, 0.4) is 0 Å². The Labute approximate surface area is 77.6 Å². The molecule has 2 fully saturated rings. The third-order valence-electron chi connectivity index (χ3n) is 3.13. The van der Waals surface area contributed by atoms with Crippen LogP contribution < -0.4 is 0 Å². The largest absolute Gasteiger partial charge is 0.106 e. The van der Waals surface area contributed by atoms with Crippen LogP contribution in [0.15, 0.2) is 10.1 Å². The van der Waals surface area contributed by atoms with Crippen LogP contribution >= 0.6 is 23.2 Å². The lowest BCUT2D eigenvalue weighted by Gasteiger charge is -2.09. The van der Waals surface area contributed by atoms with Gasteiger partial charge in [0.25, 0.3) is 0 Å². The first kappa shape index (κ1) is 7.94. The van der Waals surface area contributed by atoms with E-state index in [1.807, 2.05) is 0 Å². The zero-order valence-electron chi connectivity index (χ0n) is 6.45. The predicted octanol–water partition coefficient (Wildman–Crippen LogP) is 3.89. The van der Waals surface area contributed by atoms with E-state index in [4.69, 9.17) is 23.2 Å². The first-order valence-electron chi connectivity index (χ1n) is 4.33. The van der Waals surface area contributed by atoms with E-state index >= 15 is 0 Å². The maximum absolute atomic E-state index is 5.80. The average Bonchev–Trinajstić information content (AvgIpc) is 2.41. The lowest BCUT2D eigenvalue weighted by Crippen LogP contribution is -1.99. The SMILES string of the molecule is ClC(Cl)=C1CCC2CCCC12. The lowest BCUT2D eigenvalue weighted by atomic mass is 9.98. The average molecular weight is 191 g/mol. The Balaban J connectivity index is 2.21. The van der Waals surface area contributed by atoms with Gasteiger partial charge in [-0.1, -0.05) is 29.6 Å². The first-order chi connectivity index (χ1) is 5.29. The van der Waals surface area contributed by atoms with Crippen molar-refractivity contribution >= 4 is 23.2 Å². The lowest BCUT2D eigenvalue weighted by molar-refractivity contribution is 0.491. The van der Waals surface area contributed by atoms with Gasteiger partial charge in [0.05, 0.1) is 0 Å². The Morgan fingerprint density at radius 1 is 1.18 bits per heavy atom. The standard InChI is InChI=1S/C9H12Cl2/c10-9(11)8-5-4-6-2-1-3-7(6)8/h6-7H,1-5H2. The molecule has 2 atom stereocenters. The Bertz CT molecular complexity index is 192. The molecule has 0 aromatic heterocycles. The third-order valence-corrected chi connectivity index (χ3v) is 3.62. The maximum atomic E-state index is 5.80. The fraction of sp³-hybridized carbons (Fsp3) is 0.778. The monoisotopic (exact) mass is 190 g/mol. The summed E-state index contributed by atoms with van der Waals surface area (Å²) in [6, 6.07) is 0. The van der Waals surface area contributed by atoms with Gasteiger partial charge in [0.15, 0.2) is 0 Å². The molecule has 0 amide bonds. The summed E-state index contributed by atoms with van der Waals surface area (Å²) in [5, 5.41) is 0. The molecule has 0 bridgehead atoms. The summed E-state index contributed by atoms with van der Waals surface area (Å²) in [4.78, 5) is 0. The van der Waals surface area contributed by atoms with E-state index in [1.54, 1.807) is 0 Å². The summed E-state index contributed by atoms with van der Waals surface area (Å²) >= 11 is 11.6. The first-order valence-corrected chi connectivity index (χ1v) is 5.08. The molecule has 2 heteroatoms. The Kier molecular flexibility index (Phi) is 2.16. The van der Waals surface area contributed by atoms with Crippen molar-refractivity contribution in [3.8, 4) is 0 Å². The second kappa shape index (κ2) is 2.99. The van der Waals surface area contributed by atoms with E-state index in [2.05, 4.69) is 0 Å². The topological polar surface area (TPSA) is 0 Å². The summed E-state index contributed by atoms with van der Waals surface area (Å²) in [6.45, 7) is 0. The summed E-state index contributed by atoms with van der Waals surface area (Å²) in [6.07, 6.45) is 6.57. The third kappa shape index (κ3) is 1.31. The van der Waals surface area contributed by atoms with Crippen LogP contribution in [0.4, 0.5) is 0 Å². The number of hydrogen-bond donors (Lipinski definition) is 0. The Morgan fingerprint density at radius 2 is 2.00 bits per heavy atom. The van der Waals surface area contributed by atoms with E-state index in [1.165, 1.54) is 31.3 Å². The molecule has 2 aliphatic rings. The second-order valence-electron chi connectivity index (χ2n) is 3.62. The fourth-order valence-electron chi connectivity index (χ4n) is 2.60. The van der Waals surface area contributed by atoms with Gasteiger partial charge >= 0.3 is 0 Å². The molecule has 0 spiro atoms. The van der Waals surface area contributed by atoms with E-state index in [0.717, 1.165) is 18.3 Å². The van der Waals surface area contributed by atoms with Crippen molar-refractivity contribution in [2.45, 2.75) is 32.1 Å². The van der Waals surface area contributed by atoms with Gasteiger partial charge in [-0.2, -0.15) is 0 Å². The minimum Gasteiger partial charge on any atom is -0.0709 e. The van der Waals surface area contributed by atoms with Gasteiger partial charge in [0.2, 0.25) is 0 Å². The van der Waals surface area contributed by atoms with Gasteiger partial charge < -0.3 is 0 Å². The van der Waals surface area contributed by atoms with Crippen LogP contribution in [-0.4, -0.2) is 0 Å². The highest BCUT2D eigenvalue weighted by atomic mass is 35.5. The molecule has 11 heavy (non-hydrogen) atoms. The van der Waals surface area contributed by atoms with Crippen molar-refractivity contribution in [1.82, 2.24) is 0 Å². The van der Waals surface area contributed by atoms with Crippen molar-refractivity contribution < 1.29 is 0 Å². The van der Waals surface area contributed by atoms with Gasteiger partial charge in [0.1, 0.15) is 4.49 Å². The molecule has 0 aromatic carbocycles. The highest BCUT2D eigenvalue weighted by molar-refractivity contribution is 6.56. The minimum atomic E-state index is 0.555. The van der Waals surface area contributed by atoms with Crippen LogP contribution in [0.25, 0.3) is 0 Å². The molecule has 0 heterocycles. The smallest absolute Gasteiger partial charge is 0.0709 e. The molecule has 2 rings (SSSR count). The van der Waals surface area contributed by atoms with Crippen molar-refractivity contribution in [3.05, 3.63) is 10.1 Å². The Hall–Kier alpha value is 0.320. The minimum absolute atomic E-state index is 0.555. The van der Waals surface area contributed by atoms with Crippen molar-refractivity contribution in [2.75, 3.05) is 0 Å². The number of hydrogen-bond acceptors (Lipinski definition) is 0. The van der Waals surface area contributed by atoms with E-state index in [0.29, 0.717) is 4.49 Å².